The van der Waals surface area contributed by atoms with E-state index in [-0.39, 0.29) is 11.5 Å². The van der Waals surface area contributed by atoms with E-state index in [1.165, 1.54) is 5.56 Å². The Morgan fingerprint density at radius 2 is 1.73 bits per heavy atom. The molecule has 4 rings (SSSR count). The molecule has 0 radical (unpaired) electrons. The van der Waals surface area contributed by atoms with Crippen molar-refractivity contribution in [3.63, 3.8) is 0 Å². The maximum absolute atomic E-state index is 12.3. The van der Waals surface area contributed by atoms with Gasteiger partial charge in [-0.2, -0.15) is 0 Å². The summed E-state index contributed by atoms with van der Waals surface area (Å²) in [5, 5.41) is 8.49. The molecule has 0 saturated carbocycles. The van der Waals surface area contributed by atoms with Gasteiger partial charge >= 0.3 is 0 Å². The van der Waals surface area contributed by atoms with Crippen LogP contribution in [0, 0.1) is 5.92 Å². The molecule has 26 heavy (non-hydrogen) atoms. The van der Waals surface area contributed by atoms with Crippen LogP contribution in [-0.2, 0) is 6.42 Å². The van der Waals surface area contributed by atoms with Crippen LogP contribution in [0.5, 0.6) is 0 Å². The zero-order valence-corrected chi connectivity index (χ0v) is 15.2. The van der Waals surface area contributed by atoms with Crippen molar-refractivity contribution in [2.24, 2.45) is 5.92 Å². The largest absolute Gasteiger partial charge is 0.317 e. The second-order valence-electron chi connectivity index (χ2n) is 7.25. The van der Waals surface area contributed by atoms with Gasteiger partial charge in [0, 0.05) is 5.92 Å². The molecule has 5 nitrogen and oxygen atoms in total. The third-order valence-corrected chi connectivity index (χ3v) is 4.80. The molecule has 132 valence electrons. The Bertz CT molecular complexity index is 1120. The third kappa shape index (κ3) is 2.79. The van der Waals surface area contributed by atoms with E-state index < -0.39 is 0 Å². The lowest BCUT2D eigenvalue weighted by Crippen LogP contribution is -2.12. The summed E-state index contributed by atoms with van der Waals surface area (Å²) < 4.78 is 1.88. The van der Waals surface area contributed by atoms with Crippen molar-refractivity contribution in [3.8, 4) is 0 Å². The van der Waals surface area contributed by atoms with Gasteiger partial charge in [-0.1, -0.05) is 57.2 Å². The van der Waals surface area contributed by atoms with Gasteiger partial charge in [-0.05, 0) is 35.6 Å². The molecule has 0 aliphatic heterocycles. The average molecular weight is 346 g/mol. The smallest absolute Gasteiger partial charge is 0.294 e. The molecule has 0 aliphatic carbocycles. The summed E-state index contributed by atoms with van der Waals surface area (Å²) in [5.41, 5.74) is 4.31. The van der Waals surface area contributed by atoms with E-state index in [0.717, 1.165) is 28.8 Å². The summed E-state index contributed by atoms with van der Waals surface area (Å²) in [6.07, 6.45) is 1.07. The Morgan fingerprint density at radius 1 is 1.00 bits per heavy atom. The molecule has 0 saturated heterocycles. The highest BCUT2D eigenvalue weighted by Gasteiger charge is 2.19. The molecule has 5 heteroatoms. The van der Waals surface area contributed by atoms with E-state index in [9.17, 15) is 4.79 Å². The van der Waals surface area contributed by atoms with Gasteiger partial charge in [0.2, 0.25) is 5.65 Å². The predicted octanol–water partition coefficient (Wildman–Crippen LogP) is 3.92. The minimum absolute atomic E-state index is 0.0308. The van der Waals surface area contributed by atoms with Crippen LogP contribution in [0.2, 0.25) is 0 Å². The molecular weight excluding hydrogens is 324 g/mol. The summed E-state index contributed by atoms with van der Waals surface area (Å²) in [7, 11) is 0. The Labute approximate surface area is 151 Å². The number of para-hydroxylation sites is 2. The van der Waals surface area contributed by atoms with E-state index in [2.05, 4.69) is 60.2 Å². The quantitative estimate of drug-likeness (QED) is 0.609. The van der Waals surface area contributed by atoms with E-state index >= 15 is 0 Å². The highest BCUT2D eigenvalue weighted by molar-refractivity contribution is 5.77. The van der Waals surface area contributed by atoms with Crippen molar-refractivity contribution in [2.45, 2.75) is 33.1 Å². The standard InChI is InChI=1S/C21H22N4O/c1-13(2)12-15-8-10-16(11-9-15)14(3)19-23-24-20-21(26)22-17-6-4-5-7-18(17)25(19)20/h4-11,13-14H,12H2,1-3H3,(H,22,26). The first kappa shape index (κ1) is 16.5. The zero-order valence-electron chi connectivity index (χ0n) is 15.2. The summed E-state index contributed by atoms with van der Waals surface area (Å²) in [6.45, 7) is 6.55. The molecule has 0 fully saturated rings. The second-order valence-corrected chi connectivity index (χ2v) is 7.25. The van der Waals surface area contributed by atoms with Crippen LogP contribution in [0.1, 0.15) is 43.6 Å². The van der Waals surface area contributed by atoms with Crippen molar-refractivity contribution in [1.29, 1.82) is 0 Å². The van der Waals surface area contributed by atoms with E-state index in [4.69, 9.17) is 0 Å². The van der Waals surface area contributed by atoms with Gasteiger partial charge < -0.3 is 4.98 Å². The first-order valence-corrected chi connectivity index (χ1v) is 8.99. The van der Waals surface area contributed by atoms with Crippen LogP contribution in [0.15, 0.2) is 53.3 Å². The van der Waals surface area contributed by atoms with Crippen LogP contribution in [0.25, 0.3) is 16.7 Å². The van der Waals surface area contributed by atoms with Crippen molar-refractivity contribution < 1.29 is 0 Å². The molecular formula is C21H22N4O. The van der Waals surface area contributed by atoms with E-state index in [0.29, 0.717) is 11.6 Å². The van der Waals surface area contributed by atoms with E-state index in [1.807, 2.05) is 28.7 Å². The van der Waals surface area contributed by atoms with Crippen LogP contribution >= 0.6 is 0 Å². The number of rotatable bonds is 4. The fourth-order valence-corrected chi connectivity index (χ4v) is 3.48. The molecule has 0 bridgehead atoms. The number of aromatic nitrogens is 4. The number of fused-ring (bicyclic) bond motifs is 3. The van der Waals surface area contributed by atoms with Crippen molar-refractivity contribution in [1.82, 2.24) is 19.6 Å². The minimum atomic E-state index is -0.220. The molecule has 1 atom stereocenters. The van der Waals surface area contributed by atoms with Gasteiger partial charge in [-0.25, -0.2) is 0 Å². The number of hydrogen-bond donors (Lipinski definition) is 1. The fraction of sp³-hybridized carbons (Fsp3) is 0.286. The normalized spacial score (nSPS) is 12.9. The molecule has 0 aliphatic rings. The topological polar surface area (TPSA) is 63.0 Å². The van der Waals surface area contributed by atoms with Gasteiger partial charge in [0.1, 0.15) is 5.82 Å². The molecule has 2 heterocycles. The van der Waals surface area contributed by atoms with Crippen molar-refractivity contribution in [3.05, 3.63) is 75.8 Å². The van der Waals surface area contributed by atoms with Crippen LogP contribution in [-0.4, -0.2) is 19.6 Å². The van der Waals surface area contributed by atoms with Crippen molar-refractivity contribution >= 4 is 16.7 Å². The number of nitrogens with one attached hydrogen (secondary N) is 1. The van der Waals surface area contributed by atoms with Crippen molar-refractivity contribution in [2.75, 3.05) is 0 Å². The third-order valence-electron chi connectivity index (χ3n) is 4.80. The second kappa shape index (κ2) is 6.41. The maximum Gasteiger partial charge on any atom is 0.294 e. The maximum atomic E-state index is 12.3. The Balaban J connectivity index is 1.82. The predicted molar refractivity (Wildman–Crippen MR) is 104 cm³/mol. The lowest BCUT2D eigenvalue weighted by Gasteiger charge is -2.13. The Kier molecular flexibility index (Phi) is 4.07. The Morgan fingerprint density at radius 3 is 2.46 bits per heavy atom. The average Bonchev–Trinajstić information content (AvgIpc) is 3.07. The molecule has 2 aromatic heterocycles. The SMILES string of the molecule is CC(C)Cc1ccc(C(C)c2nnc3c(=O)[nH]c4ccccc4n23)cc1. The van der Waals surface area contributed by atoms with E-state index in [1.54, 1.807) is 0 Å². The molecule has 4 aromatic rings. The van der Waals surface area contributed by atoms with Crippen LogP contribution in [0.3, 0.4) is 0 Å². The molecule has 1 N–H and O–H groups in total. The van der Waals surface area contributed by atoms with Gasteiger partial charge in [-0.15, -0.1) is 10.2 Å². The van der Waals surface area contributed by atoms with Gasteiger partial charge in [0.05, 0.1) is 11.0 Å². The molecule has 1 unspecified atom stereocenters. The number of H-pyrrole nitrogens is 1. The minimum Gasteiger partial charge on any atom is -0.317 e. The van der Waals surface area contributed by atoms with Gasteiger partial charge in [-0.3, -0.25) is 9.20 Å². The monoisotopic (exact) mass is 346 g/mol. The number of aromatic amines is 1. The van der Waals surface area contributed by atoms with Crippen LogP contribution < -0.4 is 5.56 Å². The van der Waals surface area contributed by atoms with Gasteiger partial charge in [0.25, 0.3) is 5.56 Å². The van der Waals surface area contributed by atoms with Crippen LogP contribution in [0.4, 0.5) is 0 Å². The number of hydrogen-bond acceptors (Lipinski definition) is 3. The molecule has 0 spiro atoms. The summed E-state index contributed by atoms with van der Waals surface area (Å²) >= 11 is 0. The first-order chi connectivity index (χ1) is 12.5. The summed E-state index contributed by atoms with van der Waals surface area (Å²) in [6, 6.07) is 16.4. The fourth-order valence-electron chi connectivity index (χ4n) is 3.48. The summed E-state index contributed by atoms with van der Waals surface area (Å²) in [4.78, 5) is 15.2. The van der Waals surface area contributed by atoms with Gasteiger partial charge in [0.15, 0.2) is 0 Å². The first-order valence-electron chi connectivity index (χ1n) is 8.99. The Hall–Kier alpha value is -2.95. The summed E-state index contributed by atoms with van der Waals surface area (Å²) in [5.74, 6) is 1.44. The molecule has 2 aromatic carbocycles. The highest BCUT2D eigenvalue weighted by atomic mass is 16.1. The molecule has 0 amide bonds. The highest BCUT2D eigenvalue weighted by Crippen LogP contribution is 2.25. The zero-order chi connectivity index (χ0) is 18.3. The lowest BCUT2D eigenvalue weighted by atomic mass is 9.96. The lowest BCUT2D eigenvalue weighted by molar-refractivity contribution is 0.647. The number of benzene rings is 2. The number of nitrogens with zero attached hydrogens (tertiary/aromatic N) is 3.